The Morgan fingerprint density at radius 2 is 1.81 bits per heavy atom. The van der Waals surface area contributed by atoms with Gasteiger partial charge in [-0.05, 0) is 53.6 Å². The Labute approximate surface area is 211 Å². The number of H-pyrrole nitrogens is 1. The molecule has 0 spiro atoms. The lowest BCUT2D eigenvalue weighted by Gasteiger charge is -2.24. The molecule has 3 heterocycles. The fourth-order valence-electron chi connectivity index (χ4n) is 4.85. The molecule has 1 atom stereocenters. The third kappa shape index (κ3) is 3.92. The van der Waals surface area contributed by atoms with Gasteiger partial charge in [0.05, 0.1) is 31.0 Å². The summed E-state index contributed by atoms with van der Waals surface area (Å²) < 4.78 is 15.8. The number of aromatic nitrogens is 1. The lowest BCUT2D eigenvalue weighted by Crippen LogP contribution is -2.29. The summed E-state index contributed by atoms with van der Waals surface area (Å²) in [7, 11) is 1.33. The molecule has 6 rings (SSSR count). The predicted octanol–water partition coefficient (Wildman–Crippen LogP) is 4.19. The van der Waals surface area contributed by atoms with Crippen LogP contribution in [-0.2, 0) is 16.1 Å². The van der Waals surface area contributed by atoms with E-state index in [1.165, 1.54) is 13.2 Å². The van der Waals surface area contributed by atoms with Gasteiger partial charge < -0.3 is 24.1 Å². The summed E-state index contributed by atoms with van der Waals surface area (Å²) in [5.74, 6) is 0.558. The average Bonchev–Trinajstić information content (AvgIpc) is 3.56. The van der Waals surface area contributed by atoms with Crippen molar-refractivity contribution in [3.63, 3.8) is 0 Å². The van der Waals surface area contributed by atoms with Gasteiger partial charge in [-0.1, -0.05) is 30.3 Å². The standard InChI is InChI=1S/C29H22N2O6/c1-35-29(34)18-9-6-17(7-10-18)8-13-25(32)31-15-21-26(30-22-5-3-2-4-20(22)28(21)33)27(31)19-11-12-23-24(14-19)37-16-36-23/h2-14,27H,15-16H2,1H3,(H,30,33). The molecule has 8 heteroatoms. The van der Waals surface area contributed by atoms with Crippen LogP contribution < -0.4 is 14.9 Å². The van der Waals surface area contributed by atoms with Gasteiger partial charge in [-0.25, -0.2) is 4.79 Å². The van der Waals surface area contributed by atoms with Crippen molar-refractivity contribution in [1.29, 1.82) is 0 Å². The molecular formula is C29H22N2O6. The number of benzene rings is 3. The molecule has 3 aromatic carbocycles. The number of carbonyl (C=O) groups excluding carboxylic acids is 2. The fraction of sp³-hybridized carbons (Fsp3) is 0.138. The fourth-order valence-corrected chi connectivity index (χ4v) is 4.85. The van der Waals surface area contributed by atoms with E-state index in [4.69, 9.17) is 14.2 Å². The minimum Gasteiger partial charge on any atom is -0.465 e. The molecule has 0 fully saturated rings. The quantitative estimate of drug-likeness (QED) is 0.338. The highest BCUT2D eigenvalue weighted by Crippen LogP contribution is 2.41. The number of ether oxygens (including phenoxy) is 3. The molecule has 1 unspecified atom stereocenters. The number of carbonyl (C=O) groups is 2. The van der Waals surface area contributed by atoms with Crippen LogP contribution in [0.25, 0.3) is 17.0 Å². The van der Waals surface area contributed by atoms with E-state index in [2.05, 4.69) is 4.98 Å². The van der Waals surface area contributed by atoms with Crippen LogP contribution in [0, 0.1) is 0 Å². The van der Waals surface area contributed by atoms with Crippen molar-refractivity contribution < 1.29 is 23.8 Å². The summed E-state index contributed by atoms with van der Waals surface area (Å²) in [6, 6.07) is 19.1. The van der Waals surface area contributed by atoms with E-state index in [9.17, 15) is 14.4 Å². The number of para-hydroxylation sites is 1. The van der Waals surface area contributed by atoms with Crippen molar-refractivity contribution >= 4 is 28.9 Å². The van der Waals surface area contributed by atoms with E-state index in [0.29, 0.717) is 39.2 Å². The first-order chi connectivity index (χ1) is 18.0. The number of hydrogen-bond donors (Lipinski definition) is 1. The zero-order valence-corrected chi connectivity index (χ0v) is 19.9. The van der Waals surface area contributed by atoms with Crippen LogP contribution in [0.15, 0.2) is 77.6 Å². The molecule has 0 saturated heterocycles. The lowest BCUT2D eigenvalue weighted by molar-refractivity contribution is -0.127. The molecule has 2 aliphatic rings. The van der Waals surface area contributed by atoms with Crippen LogP contribution in [0.3, 0.4) is 0 Å². The van der Waals surface area contributed by atoms with E-state index in [0.717, 1.165) is 11.1 Å². The number of methoxy groups -OCH3 is 1. The summed E-state index contributed by atoms with van der Waals surface area (Å²) >= 11 is 0. The molecule has 37 heavy (non-hydrogen) atoms. The van der Waals surface area contributed by atoms with Crippen molar-refractivity contribution in [3.8, 4) is 11.5 Å². The van der Waals surface area contributed by atoms with Crippen LogP contribution in [0.1, 0.15) is 38.8 Å². The van der Waals surface area contributed by atoms with Crippen molar-refractivity contribution in [3.05, 3.63) is 111 Å². The Morgan fingerprint density at radius 3 is 2.62 bits per heavy atom. The summed E-state index contributed by atoms with van der Waals surface area (Å²) in [5.41, 5.74) is 3.85. The summed E-state index contributed by atoms with van der Waals surface area (Å²) in [6.07, 6.45) is 3.16. The van der Waals surface area contributed by atoms with Gasteiger partial charge in [0, 0.05) is 22.5 Å². The second-order valence-corrected chi connectivity index (χ2v) is 8.82. The predicted molar refractivity (Wildman–Crippen MR) is 136 cm³/mol. The maximum absolute atomic E-state index is 13.5. The lowest BCUT2D eigenvalue weighted by atomic mass is 10.0. The maximum Gasteiger partial charge on any atom is 0.337 e. The average molecular weight is 495 g/mol. The van der Waals surface area contributed by atoms with E-state index in [1.54, 1.807) is 41.3 Å². The normalized spacial score (nSPS) is 15.8. The van der Waals surface area contributed by atoms with Gasteiger partial charge in [-0.2, -0.15) is 0 Å². The topological polar surface area (TPSA) is 97.9 Å². The zero-order valence-electron chi connectivity index (χ0n) is 19.9. The smallest absolute Gasteiger partial charge is 0.337 e. The first kappa shape index (κ1) is 22.6. The highest BCUT2D eigenvalue weighted by atomic mass is 16.7. The molecule has 0 radical (unpaired) electrons. The molecule has 4 aromatic rings. The number of pyridine rings is 1. The largest absolute Gasteiger partial charge is 0.465 e. The van der Waals surface area contributed by atoms with Crippen LogP contribution in [0.5, 0.6) is 11.5 Å². The second kappa shape index (κ2) is 8.98. The van der Waals surface area contributed by atoms with Gasteiger partial charge in [-0.3, -0.25) is 9.59 Å². The zero-order chi connectivity index (χ0) is 25.5. The maximum atomic E-state index is 13.5. The number of hydrogen-bond acceptors (Lipinski definition) is 6. The van der Waals surface area contributed by atoms with Crippen molar-refractivity contribution in [2.24, 2.45) is 0 Å². The molecule has 1 N–H and O–H groups in total. The van der Waals surface area contributed by atoms with Crippen molar-refractivity contribution in [2.75, 3.05) is 13.9 Å². The third-order valence-corrected chi connectivity index (χ3v) is 6.70. The number of rotatable bonds is 4. The molecule has 184 valence electrons. The Kier molecular flexibility index (Phi) is 5.49. The number of amides is 1. The Bertz CT molecular complexity index is 1640. The van der Waals surface area contributed by atoms with E-state index in [1.807, 2.05) is 36.4 Å². The van der Waals surface area contributed by atoms with Crippen LogP contribution >= 0.6 is 0 Å². The Hall–Kier alpha value is -4.85. The molecule has 1 aromatic heterocycles. The molecule has 1 amide bonds. The van der Waals surface area contributed by atoms with Crippen LogP contribution in [0.4, 0.5) is 0 Å². The number of fused-ring (bicyclic) bond motifs is 3. The second-order valence-electron chi connectivity index (χ2n) is 8.82. The van der Waals surface area contributed by atoms with Gasteiger partial charge in [-0.15, -0.1) is 0 Å². The van der Waals surface area contributed by atoms with Crippen LogP contribution in [-0.4, -0.2) is 35.7 Å². The monoisotopic (exact) mass is 494 g/mol. The molecule has 0 bridgehead atoms. The summed E-state index contributed by atoms with van der Waals surface area (Å²) in [5, 5.41) is 0.584. The van der Waals surface area contributed by atoms with E-state index in [-0.39, 0.29) is 24.7 Å². The van der Waals surface area contributed by atoms with E-state index >= 15 is 0 Å². The molecule has 2 aliphatic heterocycles. The van der Waals surface area contributed by atoms with Crippen LogP contribution in [0.2, 0.25) is 0 Å². The first-order valence-electron chi connectivity index (χ1n) is 11.7. The minimum absolute atomic E-state index is 0.0900. The number of nitrogens with zero attached hydrogens (tertiary/aromatic N) is 1. The summed E-state index contributed by atoms with van der Waals surface area (Å²) in [4.78, 5) is 43.7. The molecular weight excluding hydrogens is 472 g/mol. The van der Waals surface area contributed by atoms with Crippen molar-refractivity contribution in [1.82, 2.24) is 9.88 Å². The first-order valence-corrected chi connectivity index (χ1v) is 11.7. The van der Waals surface area contributed by atoms with Gasteiger partial charge in [0.25, 0.3) is 0 Å². The molecule has 0 aliphatic carbocycles. The molecule has 0 saturated carbocycles. The van der Waals surface area contributed by atoms with Gasteiger partial charge in [0.15, 0.2) is 16.9 Å². The SMILES string of the molecule is COC(=O)c1ccc(C=CC(=O)N2Cc3c([nH]c4ccccc4c3=O)C2c2ccc3c(c2)OCO3)cc1. The number of esters is 1. The third-order valence-electron chi connectivity index (χ3n) is 6.70. The Morgan fingerprint density at radius 1 is 1.03 bits per heavy atom. The minimum atomic E-state index is -0.513. The number of nitrogens with one attached hydrogen (secondary N) is 1. The highest BCUT2D eigenvalue weighted by molar-refractivity contribution is 5.94. The van der Waals surface area contributed by atoms with Gasteiger partial charge >= 0.3 is 5.97 Å². The summed E-state index contributed by atoms with van der Waals surface area (Å²) in [6.45, 7) is 0.306. The van der Waals surface area contributed by atoms with Crippen molar-refractivity contribution in [2.45, 2.75) is 12.6 Å². The van der Waals surface area contributed by atoms with E-state index < -0.39 is 12.0 Å². The Balaban J connectivity index is 1.38. The molecule has 8 nitrogen and oxygen atoms in total. The highest BCUT2D eigenvalue weighted by Gasteiger charge is 2.37. The van der Waals surface area contributed by atoms with Gasteiger partial charge in [0.2, 0.25) is 12.7 Å². The number of aromatic amines is 1. The van der Waals surface area contributed by atoms with Gasteiger partial charge in [0.1, 0.15) is 0 Å².